The summed E-state index contributed by atoms with van der Waals surface area (Å²) in [4.78, 5) is 16.1. The van der Waals surface area contributed by atoms with Crippen molar-refractivity contribution in [2.24, 2.45) is 5.92 Å². The molecule has 0 bridgehead atoms. The number of carboxylic acids is 1. The fraction of sp³-hybridized carbons (Fsp3) is 0.320. The predicted molar refractivity (Wildman–Crippen MR) is 118 cm³/mol. The maximum atomic E-state index is 14.7. The summed E-state index contributed by atoms with van der Waals surface area (Å²) >= 11 is 0. The first kappa shape index (κ1) is 21.3. The molecule has 0 unspecified atom stereocenters. The van der Waals surface area contributed by atoms with Gasteiger partial charge in [0.25, 0.3) is 0 Å². The van der Waals surface area contributed by atoms with Crippen LogP contribution in [0.25, 0.3) is 27.8 Å². The summed E-state index contributed by atoms with van der Waals surface area (Å²) in [6, 6.07) is 5.49. The Morgan fingerprint density at radius 2 is 1.91 bits per heavy atom. The fourth-order valence-electron chi connectivity index (χ4n) is 5.00. The van der Waals surface area contributed by atoms with Gasteiger partial charge in [0.2, 0.25) is 0 Å². The third-order valence-corrected chi connectivity index (χ3v) is 6.68. The molecule has 1 aliphatic carbocycles. The molecule has 5 rings (SSSR count). The minimum absolute atomic E-state index is 0.120. The van der Waals surface area contributed by atoms with E-state index in [2.05, 4.69) is 10.1 Å². The van der Waals surface area contributed by atoms with E-state index in [0.29, 0.717) is 24.2 Å². The van der Waals surface area contributed by atoms with E-state index in [0.717, 1.165) is 46.7 Å². The number of hydrogen-bond acceptors (Lipinski definition) is 4. The van der Waals surface area contributed by atoms with Crippen molar-refractivity contribution in [1.29, 1.82) is 0 Å². The molecule has 0 radical (unpaired) electrons. The molecule has 0 amide bonds. The zero-order valence-corrected chi connectivity index (χ0v) is 18.3. The third kappa shape index (κ3) is 3.69. The zero-order valence-electron chi connectivity index (χ0n) is 18.3. The molecular formula is C25H23F2N3O3. The van der Waals surface area contributed by atoms with Gasteiger partial charge in [0.15, 0.2) is 0 Å². The number of carboxylic acid groups (broad SMARTS) is 1. The molecule has 1 saturated carbocycles. The average Bonchev–Trinajstić information content (AvgIpc) is 3.33. The quantitative estimate of drug-likeness (QED) is 0.416. The molecule has 1 fully saturated rings. The topological polar surface area (TPSA) is 81.2 Å². The smallest absolute Gasteiger partial charge is 0.306 e. The SMILES string of the molecule is Cc1noc(C)c1-c1cnc2c(c1)c(C1CCC(C(=O)O)CC1)cn2-c1ccc(F)cc1F. The second kappa shape index (κ2) is 8.10. The van der Waals surface area contributed by atoms with Gasteiger partial charge in [-0.1, -0.05) is 5.16 Å². The van der Waals surface area contributed by atoms with Crippen molar-refractivity contribution < 1.29 is 23.2 Å². The van der Waals surface area contributed by atoms with E-state index < -0.39 is 17.6 Å². The van der Waals surface area contributed by atoms with Gasteiger partial charge in [0.1, 0.15) is 23.0 Å². The predicted octanol–water partition coefficient (Wildman–Crippen LogP) is 5.93. The first-order chi connectivity index (χ1) is 15.8. The molecule has 0 atom stereocenters. The lowest BCUT2D eigenvalue weighted by molar-refractivity contribution is -0.142. The summed E-state index contributed by atoms with van der Waals surface area (Å²) in [5.41, 5.74) is 4.22. The van der Waals surface area contributed by atoms with Gasteiger partial charge in [-0.2, -0.15) is 0 Å². The zero-order chi connectivity index (χ0) is 23.3. The third-order valence-electron chi connectivity index (χ3n) is 6.68. The van der Waals surface area contributed by atoms with Crippen molar-refractivity contribution in [3.63, 3.8) is 0 Å². The van der Waals surface area contributed by atoms with Crippen LogP contribution in [-0.4, -0.2) is 25.8 Å². The molecule has 0 spiro atoms. The number of rotatable bonds is 4. The highest BCUT2D eigenvalue weighted by molar-refractivity contribution is 5.87. The molecule has 0 aliphatic heterocycles. The van der Waals surface area contributed by atoms with Crippen LogP contribution in [0.1, 0.15) is 48.6 Å². The molecule has 3 heterocycles. The molecule has 8 heteroatoms. The van der Waals surface area contributed by atoms with Gasteiger partial charge in [0.05, 0.1) is 17.3 Å². The lowest BCUT2D eigenvalue weighted by atomic mass is 9.78. The van der Waals surface area contributed by atoms with Crippen LogP contribution in [0.5, 0.6) is 0 Å². The maximum absolute atomic E-state index is 14.7. The molecule has 3 aromatic heterocycles. The van der Waals surface area contributed by atoms with E-state index >= 15 is 0 Å². The average molecular weight is 451 g/mol. The highest BCUT2D eigenvalue weighted by Crippen LogP contribution is 2.41. The Hall–Kier alpha value is -3.55. The van der Waals surface area contributed by atoms with Gasteiger partial charge in [-0.05, 0) is 69.2 Å². The number of carbonyl (C=O) groups is 1. The Kier molecular flexibility index (Phi) is 5.23. The van der Waals surface area contributed by atoms with E-state index in [1.54, 1.807) is 10.8 Å². The van der Waals surface area contributed by atoms with E-state index in [4.69, 9.17) is 4.52 Å². The molecule has 1 aliphatic rings. The summed E-state index contributed by atoms with van der Waals surface area (Å²) in [5.74, 6) is -1.61. The van der Waals surface area contributed by atoms with Crippen LogP contribution in [0.4, 0.5) is 8.78 Å². The normalized spacial score (nSPS) is 18.7. The fourth-order valence-corrected chi connectivity index (χ4v) is 5.00. The number of aryl methyl sites for hydroxylation is 2. The Labute approximate surface area is 188 Å². The molecule has 6 nitrogen and oxygen atoms in total. The van der Waals surface area contributed by atoms with Crippen LogP contribution >= 0.6 is 0 Å². The molecule has 0 saturated heterocycles. The first-order valence-corrected chi connectivity index (χ1v) is 11.0. The molecule has 1 N–H and O–H groups in total. The van der Waals surface area contributed by atoms with Crippen molar-refractivity contribution in [3.05, 3.63) is 65.3 Å². The Balaban J connectivity index is 1.67. The van der Waals surface area contributed by atoms with Gasteiger partial charge >= 0.3 is 5.97 Å². The lowest BCUT2D eigenvalue weighted by Crippen LogP contribution is -2.20. The van der Waals surface area contributed by atoms with Gasteiger partial charge in [-0.15, -0.1) is 0 Å². The van der Waals surface area contributed by atoms with Crippen molar-refractivity contribution >= 4 is 17.0 Å². The van der Waals surface area contributed by atoms with Crippen molar-refractivity contribution in [2.75, 3.05) is 0 Å². The molecule has 33 heavy (non-hydrogen) atoms. The number of nitrogens with zero attached hydrogens (tertiary/aromatic N) is 3. The summed E-state index contributed by atoms with van der Waals surface area (Å²) in [7, 11) is 0. The van der Waals surface area contributed by atoms with Crippen molar-refractivity contribution in [2.45, 2.75) is 45.4 Å². The van der Waals surface area contributed by atoms with Crippen LogP contribution in [0.2, 0.25) is 0 Å². The first-order valence-electron chi connectivity index (χ1n) is 11.0. The van der Waals surface area contributed by atoms with E-state index in [1.807, 2.05) is 26.1 Å². The van der Waals surface area contributed by atoms with Crippen LogP contribution in [-0.2, 0) is 4.79 Å². The van der Waals surface area contributed by atoms with E-state index in [9.17, 15) is 18.7 Å². The molecule has 4 aromatic rings. The second-order valence-corrected chi connectivity index (χ2v) is 8.73. The number of aromatic nitrogens is 3. The number of pyridine rings is 1. The number of halogens is 2. The highest BCUT2D eigenvalue weighted by atomic mass is 19.1. The highest BCUT2D eigenvalue weighted by Gasteiger charge is 2.29. The van der Waals surface area contributed by atoms with Crippen LogP contribution in [0.3, 0.4) is 0 Å². The van der Waals surface area contributed by atoms with Crippen molar-refractivity contribution in [3.8, 4) is 16.8 Å². The number of hydrogen-bond donors (Lipinski definition) is 1. The molecular weight excluding hydrogens is 428 g/mol. The summed E-state index contributed by atoms with van der Waals surface area (Å²) < 4.78 is 35.2. The van der Waals surface area contributed by atoms with Crippen LogP contribution in [0, 0.1) is 31.4 Å². The van der Waals surface area contributed by atoms with E-state index in [-0.39, 0.29) is 17.5 Å². The lowest BCUT2D eigenvalue weighted by Gasteiger charge is -2.25. The monoisotopic (exact) mass is 451 g/mol. The summed E-state index contributed by atoms with van der Waals surface area (Å²) in [5, 5.41) is 14.3. The van der Waals surface area contributed by atoms with E-state index in [1.165, 1.54) is 12.1 Å². The summed E-state index contributed by atoms with van der Waals surface area (Å²) in [6.07, 6.45) is 6.19. The molecule has 170 valence electrons. The van der Waals surface area contributed by atoms with Gasteiger partial charge in [-0.25, -0.2) is 13.8 Å². The van der Waals surface area contributed by atoms with Gasteiger partial charge < -0.3 is 9.63 Å². The standard InChI is InChI=1S/C25H23F2N3O3/c1-13-23(14(2)33-29-13)17-9-19-20(15-3-5-16(6-4-15)25(31)32)12-30(24(19)28-11-17)22-8-7-18(26)10-21(22)27/h7-12,15-16H,3-6H2,1-2H3,(H,31,32). The summed E-state index contributed by atoms with van der Waals surface area (Å²) in [6.45, 7) is 3.70. The largest absolute Gasteiger partial charge is 0.481 e. The Bertz CT molecular complexity index is 1350. The maximum Gasteiger partial charge on any atom is 0.306 e. The second-order valence-electron chi connectivity index (χ2n) is 8.73. The Morgan fingerprint density at radius 1 is 1.15 bits per heavy atom. The number of benzene rings is 1. The molecule has 1 aromatic carbocycles. The number of aliphatic carboxylic acids is 1. The number of fused-ring (bicyclic) bond motifs is 1. The minimum atomic E-state index is -0.758. The van der Waals surface area contributed by atoms with Gasteiger partial charge in [-0.3, -0.25) is 9.36 Å². The minimum Gasteiger partial charge on any atom is -0.481 e. The van der Waals surface area contributed by atoms with Crippen LogP contribution in [0.15, 0.2) is 41.2 Å². The van der Waals surface area contributed by atoms with Crippen molar-refractivity contribution in [1.82, 2.24) is 14.7 Å². The van der Waals surface area contributed by atoms with Crippen LogP contribution < -0.4 is 0 Å². The van der Waals surface area contributed by atoms with Gasteiger partial charge in [0, 0.05) is 35.0 Å². The Morgan fingerprint density at radius 3 is 2.55 bits per heavy atom.